The number of nitrogens with zero attached hydrogens (tertiary/aromatic N) is 4. The number of ketones is 1. The summed E-state index contributed by atoms with van der Waals surface area (Å²) in [5, 5.41) is 19.3. The van der Waals surface area contributed by atoms with Crippen molar-refractivity contribution in [1.29, 1.82) is 10.5 Å². The molecule has 0 aromatic heterocycles. The van der Waals surface area contributed by atoms with Gasteiger partial charge in [0.25, 0.3) is 0 Å². The van der Waals surface area contributed by atoms with Crippen molar-refractivity contribution in [1.82, 2.24) is 4.90 Å². The van der Waals surface area contributed by atoms with Crippen LogP contribution in [0, 0.1) is 22.7 Å². The minimum absolute atomic E-state index is 0.00867. The summed E-state index contributed by atoms with van der Waals surface area (Å²) in [5.74, 6) is -0.00867. The van der Waals surface area contributed by atoms with Crippen LogP contribution >= 0.6 is 0 Å². The SMILES string of the molecule is CC1(C)C2=C(C(=O)c3cc(C#N)c(N4CCN(C5COC5)CC4)cc31)c1ccc(C#N)cc1C2. The molecular weight excluding hydrogens is 424 g/mol. The smallest absolute Gasteiger partial charge is 0.193 e. The fourth-order valence-corrected chi connectivity index (χ4v) is 5.99. The maximum Gasteiger partial charge on any atom is 0.193 e. The van der Waals surface area contributed by atoms with Crippen LogP contribution in [0.3, 0.4) is 0 Å². The lowest BCUT2D eigenvalue weighted by atomic mass is 9.68. The number of carbonyl (C=O) groups is 1. The third-order valence-electron chi connectivity index (χ3n) is 8.12. The second kappa shape index (κ2) is 7.53. The largest absolute Gasteiger partial charge is 0.378 e. The fraction of sp³-hybridized carbons (Fsp3) is 0.393. The van der Waals surface area contributed by atoms with Gasteiger partial charge in [0.15, 0.2) is 5.78 Å². The van der Waals surface area contributed by atoms with E-state index in [0.717, 1.165) is 72.9 Å². The van der Waals surface area contributed by atoms with E-state index in [0.29, 0.717) is 29.2 Å². The Hall–Kier alpha value is -3.45. The zero-order chi connectivity index (χ0) is 23.6. The van der Waals surface area contributed by atoms with Crippen LogP contribution in [0.5, 0.6) is 0 Å². The predicted octanol–water partition coefficient (Wildman–Crippen LogP) is 3.43. The van der Waals surface area contributed by atoms with E-state index >= 15 is 0 Å². The van der Waals surface area contributed by atoms with Crippen molar-refractivity contribution in [3.63, 3.8) is 0 Å². The molecule has 0 amide bonds. The Morgan fingerprint density at radius 3 is 2.41 bits per heavy atom. The average Bonchev–Trinajstić information content (AvgIpc) is 3.21. The van der Waals surface area contributed by atoms with Crippen LogP contribution in [0.4, 0.5) is 5.69 Å². The van der Waals surface area contributed by atoms with Crippen LogP contribution in [-0.4, -0.2) is 56.1 Å². The van der Waals surface area contributed by atoms with Crippen LogP contribution in [-0.2, 0) is 16.6 Å². The van der Waals surface area contributed by atoms with Crippen LogP contribution in [0.1, 0.15) is 52.0 Å². The zero-order valence-electron chi connectivity index (χ0n) is 19.5. The Labute approximate surface area is 199 Å². The number of benzene rings is 2. The van der Waals surface area contributed by atoms with Crippen LogP contribution in [0.25, 0.3) is 5.57 Å². The first-order valence-corrected chi connectivity index (χ1v) is 11.9. The van der Waals surface area contributed by atoms with Gasteiger partial charge in [-0.2, -0.15) is 10.5 Å². The Morgan fingerprint density at radius 1 is 1.00 bits per heavy atom. The first-order valence-electron chi connectivity index (χ1n) is 11.9. The van der Waals surface area contributed by atoms with Gasteiger partial charge in [0, 0.05) is 42.7 Å². The molecule has 0 unspecified atom stereocenters. The quantitative estimate of drug-likeness (QED) is 0.697. The summed E-state index contributed by atoms with van der Waals surface area (Å²) in [4.78, 5) is 18.5. The van der Waals surface area contributed by atoms with Gasteiger partial charge in [0.05, 0.1) is 42.1 Å². The molecule has 0 saturated carbocycles. The fourth-order valence-electron chi connectivity index (χ4n) is 5.99. The summed E-state index contributed by atoms with van der Waals surface area (Å²) >= 11 is 0. The number of anilines is 1. The molecular formula is C28H26N4O2. The highest BCUT2D eigenvalue weighted by Crippen LogP contribution is 2.51. The predicted molar refractivity (Wildman–Crippen MR) is 129 cm³/mol. The monoisotopic (exact) mass is 450 g/mol. The number of carbonyl (C=O) groups excluding carboxylic acids is 1. The lowest BCUT2D eigenvalue weighted by Crippen LogP contribution is -2.56. The standard InChI is InChI=1S/C28H26N4O2/c1-28(2)23-12-25(32-7-5-31(6-8-32)20-15-34-16-20)19(14-30)10-22(23)27(33)26-21-4-3-17(13-29)9-18(21)11-24(26)28/h3-4,9-10,12,20H,5-8,11,15-16H2,1-2H3. The highest BCUT2D eigenvalue weighted by atomic mass is 16.5. The van der Waals surface area contributed by atoms with Gasteiger partial charge in [-0.3, -0.25) is 9.69 Å². The Bertz CT molecular complexity index is 1350. The van der Waals surface area contributed by atoms with Gasteiger partial charge in [-0.15, -0.1) is 0 Å². The lowest BCUT2D eigenvalue weighted by molar-refractivity contribution is -0.0660. The molecule has 2 fully saturated rings. The molecule has 2 aliphatic carbocycles. The molecule has 34 heavy (non-hydrogen) atoms. The van der Waals surface area contributed by atoms with Crippen molar-refractivity contribution in [2.45, 2.75) is 31.7 Å². The van der Waals surface area contributed by atoms with E-state index in [1.807, 2.05) is 18.2 Å². The van der Waals surface area contributed by atoms with Crippen LogP contribution < -0.4 is 4.90 Å². The van der Waals surface area contributed by atoms with Gasteiger partial charge in [0.1, 0.15) is 6.07 Å². The summed E-state index contributed by atoms with van der Waals surface area (Å²) in [6.45, 7) is 9.59. The van der Waals surface area contributed by atoms with Gasteiger partial charge >= 0.3 is 0 Å². The molecule has 0 spiro atoms. The molecule has 2 aliphatic heterocycles. The third kappa shape index (κ3) is 2.96. The molecule has 6 nitrogen and oxygen atoms in total. The van der Waals surface area contributed by atoms with E-state index in [4.69, 9.17) is 4.74 Å². The second-order valence-corrected chi connectivity index (χ2v) is 10.2. The highest BCUT2D eigenvalue weighted by Gasteiger charge is 2.43. The molecule has 2 saturated heterocycles. The first-order chi connectivity index (χ1) is 16.4. The van der Waals surface area contributed by atoms with E-state index in [1.54, 1.807) is 6.07 Å². The van der Waals surface area contributed by atoms with Crippen molar-refractivity contribution in [2.75, 3.05) is 44.3 Å². The van der Waals surface area contributed by atoms with Crippen molar-refractivity contribution in [3.8, 4) is 12.1 Å². The number of ether oxygens (including phenoxy) is 1. The lowest BCUT2D eigenvalue weighted by Gasteiger charge is -2.44. The molecule has 0 bridgehead atoms. The summed E-state index contributed by atoms with van der Waals surface area (Å²) in [7, 11) is 0. The van der Waals surface area contributed by atoms with E-state index < -0.39 is 0 Å². The number of Topliss-reactive ketones (excluding diaryl/α,β-unsaturated/α-hetero) is 1. The van der Waals surface area contributed by atoms with Gasteiger partial charge in [0.2, 0.25) is 0 Å². The molecule has 0 radical (unpaired) electrons. The van der Waals surface area contributed by atoms with Gasteiger partial charge in [-0.25, -0.2) is 0 Å². The van der Waals surface area contributed by atoms with E-state index in [-0.39, 0.29) is 11.2 Å². The Balaban J connectivity index is 1.39. The number of piperazine rings is 1. The molecule has 2 heterocycles. The highest BCUT2D eigenvalue weighted by molar-refractivity contribution is 6.33. The number of nitriles is 2. The van der Waals surface area contributed by atoms with Crippen LogP contribution in [0.2, 0.25) is 0 Å². The molecule has 6 heteroatoms. The van der Waals surface area contributed by atoms with E-state index in [2.05, 4.69) is 41.9 Å². The molecule has 6 rings (SSSR count). The number of allylic oxidation sites excluding steroid dienone is 2. The van der Waals surface area contributed by atoms with Crippen molar-refractivity contribution >= 4 is 17.0 Å². The minimum atomic E-state index is -0.349. The first kappa shape index (κ1) is 21.1. The molecule has 2 aromatic carbocycles. The number of hydrogen-bond donors (Lipinski definition) is 0. The van der Waals surface area contributed by atoms with E-state index in [9.17, 15) is 15.3 Å². The summed E-state index contributed by atoms with van der Waals surface area (Å²) < 4.78 is 5.35. The Morgan fingerprint density at radius 2 is 1.76 bits per heavy atom. The van der Waals surface area contributed by atoms with Crippen molar-refractivity contribution in [3.05, 3.63) is 69.3 Å². The molecule has 170 valence electrons. The number of rotatable bonds is 2. The van der Waals surface area contributed by atoms with Crippen LogP contribution in [0.15, 0.2) is 35.9 Å². The number of fused-ring (bicyclic) bond motifs is 3. The van der Waals surface area contributed by atoms with Crippen molar-refractivity contribution in [2.24, 2.45) is 0 Å². The second-order valence-electron chi connectivity index (χ2n) is 10.2. The van der Waals surface area contributed by atoms with Gasteiger partial charge in [-0.05, 0) is 52.9 Å². The molecule has 0 atom stereocenters. The summed E-state index contributed by atoms with van der Waals surface area (Å²) in [5.41, 5.74) is 7.21. The minimum Gasteiger partial charge on any atom is -0.378 e. The molecule has 2 aromatic rings. The normalized spacial score (nSPS) is 21.3. The van der Waals surface area contributed by atoms with E-state index in [1.165, 1.54) is 0 Å². The Kier molecular flexibility index (Phi) is 4.68. The summed E-state index contributed by atoms with van der Waals surface area (Å²) in [6.07, 6.45) is 0.676. The average molecular weight is 451 g/mol. The maximum absolute atomic E-state index is 13.8. The van der Waals surface area contributed by atoms with Gasteiger partial charge in [-0.1, -0.05) is 19.9 Å². The summed E-state index contributed by atoms with van der Waals surface area (Å²) in [6, 6.07) is 14.6. The zero-order valence-corrected chi connectivity index (χ0v) is 19.5. The van der Waals surface area contributed by atoms with Crippen molar-refractivity contribution < 1.29 is 9.53 Å². The third-order valence-corrected chi connectivity index (χ3v) is 8.12. The maximum atomic E-state index is 13.8. The molecule has 4 aliphatic rings. The molecule has 0 N–H and O–H groups in total. The topological polar surface area (TPSA) is 80.4 Å². The number of hydrogen-bond acceptors (Lipinski definition) is 6. The van der Waals surface area contributed by atoms with Gasteiger partial charge < -0.3 is 9.64 Å².